The Morgan fingerprint density at radius 2 is 1.91 bits per heavy atom. The number of carbonyl (C=O) groups is 1. The van der Waals surface area contributed by atoms with Crippen molar-refractivity contribution in [2.24, 2.45) is 0 Å². The molecular weight excluding hydrogens is 482 g/mol. The van der Waals surface area contributed by atoms with Gasteiger partial charge >= 0.3 is 5.69 Å². The fraction of sp³-hybridized carbons (Fsp3) is 0.391. The summed E-state index contributed by atoms with van der Waals surface area (Å²) in [6.07, 6.45) is 1.52. The van der Waals surface area contributed by atoms with Crippen LogP contribution in [0.4, 0.5) is 20.3 Å². The van der Waals surface area contributed by atoms with E-state index in [4.69, 9.17) is 11.6 Å². The molecule has 1 aromatic carbocycles. The predicted molar refractivity (Wildman–Crippen MR) is 127 cm³/mol. The predicted octanol–water partition coefficient (Wildman–Crippen LogP) is 3.49. The maximum atomic E-state index is 15.3. The molecule has 1 amide bonds. The number of aliphatic hydroxyl groups is 1. The first-order valence-corrected chi connectivity index (χ1v) is 11.6. The largest absolute Gasteiger partial charge is 0.388 e. The Hall–Kier alpha value is -3.31. The molecular formula is C23H25ClF2N6O3. The molecule has 4 rings (SSSR count). The number of hydrogen-bond acceptors (Lipinski definition) is 6. The van der Waals surface area contributed by atoms with Gasteiger partial charge in [0.05, 0.1) is 10.6 Å². The fourth-order valence-corrected chi connectivity index (χ4v) is 4.54. The lowest BCUT2D eigenvalue weighted by Crippen LogP contribution is -2.51. The number of amides is 1. The number of anilines is 2. The van der Waals surface area contributed by atoms with Gasteiger partial charge in [-0.15, -0.1) is 5.10 Å². The van der Waals surface area contributed by atoms with Crippen molar-refractivity contribution in [3.8, 4) is 5.82 Å². The fourth-order valence-electron chi connectivity index (χ4n) is 4.27. The molecule has 1 atom stereocenters. The van der Waals surface area contributed by atoms with Crippen molar-refractivity contribution in [2.45, 2.75) is 52.8 Å². The highest BCUT2D eigenvalue weighted by Gasteiger charge is 2.37. The van der Waals surface area contributed by atoms with Gasteiger partial charge in [0.15, 0.2) is 17.5 Å². The summed E-state index contributed by atoms with van der Waals surface area (Å²) >= 11 is 6.23. The Balaban J connectivity index is 1.91. The number of hydrogen-bond donors (Lipinski definition) is 1. The number of rotatable bonds is 7. The van der Waals surface area contributed by atoms with E-state index in [9.17, 15) is 19.1 Å². The van der Waals surface area contributed by atoms with E-state index in [-0.39, 0.29) is 47.2 Å². The van der Waals surface area contributed by atoms with E-state index in [1.54, 1.807) is 11.8 Å². The van der Waals surface area contributed by atoms with Crippen LogP contribution in [0.25, 0.3) is 5.82 Å². The second kappa shape index (κ2) is 9.74. The lowest BCUT2D eigenvalue weighted by atomic mass is 10.1. The van der Waals surface area contributed by atoms with Gasteiger partial charge in [0, 0.05) is 12.6 Å². The van der Waals surface area contributed by atoms with Gasteiger partial charge in [-0.25, -0.2) is 18.6 Å². The molecule has 12 heteroatoms. The van der Waals surface area contributed by atoms with Crippen LogP contribution in [0.3, 0.4) is 0 Å². The summed E-state index contributed by atoms with van der Waals surface area (Å²) in [7, 11) is 0. The number of fused-ring (bicyclic) bond motifs is 1. The number of para-hydroxylation sites is 1. The zero-order chi connectivity index (χ0) is 25.4. The average Bonchev–Trinajstić information content (AvgIpc) is 3.15. The number of benzene rings is 1. The average molecular weight is 507 g/mol. The normalized spacial score (nSPS) is 14.4. The van der Waals surface area contributed by atoms with Crippen molar-refractivity contribution < 1.29 is 18.7 Å². The van der Waals surface area contributed by atoms with Crippen LogP contribution in [0.15, 0.2) is 29.1 Å². The van der Waals surface area contributed by atoms with E-state index in [0.717, 1.165) is 22.1 Å². The first-order valence-electron chi connectivity index (χ1n) is 11.3. The van der Waals surface area contributed by atoms with Crippen molar-refractivity contribution in [3.05, 3.63) is 62.8 Å². The summed E-state index contributed by atoms with van der Waals surface area (Å²) in [6.45, 7) is 5.23. The third-order valence-electron chi connectivity index (χ3n) is 6.02. The maximum Gasteiger partial charge on any atom is 0.352 e. The summed E-state index contributed by atoms with van der Waals surface area (Å²) in [5, 5.41) is 13.6. The summed E-state index contributed by atoms with van der Waals surface area (Å²) < 4.78 is 32.0. The van der Waals surface area contributed by atoms with Gasteiger partial charge in [-0.3, -0.25) is 14.3 Å². The van der Waals surface area contributed by atoms with Gasteiger partial charge in [0.1, 0.15) is 30.6 Å². The molecule has 0 radical (unpaired) electrons. The van der Waals surface area contributed by atoms with Gasteiger partial charge in [-0.1, -0.05) is 31.0 Å². The lowest BCUT2D eigenvalue weighted by Gasteiger charge is -2.40. The van der Waals surface area contributed by atoms with Crippen LogP contribution in [0.2, 0.25) is 5.02 Å². The Labute approximate surface area is 205 Å². The Morgan fingerprint density at radius 1 is 1.17 bits per heavy atom. The molecule has 3 heterocycles. The quantitative estimate of drug-likeness (QED) is 0.527. The molecule has 0 bridgehead atoms. The topological polar surface area (TPSA) is 96.5 Å². The van der Waals surface area contributed by atoms with Crippen molar-refractivity contribution in [2.75, 3.05) is 16.5 Å². The monoisotopic (exact) mass is 506 g/mol. The van der Waals surface area contributed by atoms with Crippen molar-refractivity contribution in [1.29, 1.82) is 0 Å². The molecule has 1 unspecified atom stereocenters. The summed E-state index contributed by atoms with van der Waals surface area (Å²) in [5.74, 6) is -2.50. The molecule has 3 aromatic rings. The minimum Gasteiger partial charge on any atom is -0.388 e. The molecule has 186 valence electrons. The number of halogens is 3. The van der Waals surface area contributed by atoms with Crippen LogP contribution in [0.1, 0.15) is 49.8 Å². The molecule has 1 aliphatic heterocycles. The van der Waals surface area contributed by atoms with Crippen LogP contribution in [0, 0.1) is 11.6 Å². The number of carbonyl (C=O) groups excluding carboxylic acids is 1. The molecule has 1 N–H and O–H groups in total. The van der Waals surface area contributed by atoms with Crippen LogP contribution >= 0.6 is 11.6 Å². The molecule has 0 saturated heterocycles. The van der Waals surface area contributed by atoms with Gasteiger partial charge in [-0.05, 0) is 38.5 Å². The van der Waals surface area contributed by atoms with Crippen molar-refractivity contribution >= 4 is 29.0 Å². The lowest BCUT2D eigenvalue weighted by molar-refractivity contribution is 0.0979. The molecule has 1 aliphatic rings. The third-order valence-corrected chi connectivity index (χ3v) is 6.33. The van der Waals surface area contributed by atoms with E-state index in [0.29, 0.717) is 6.42 Å². The van der Waals surface area contributed by atoms with E-state index in [1.807, 2.05) is 13.8 Å². The first-order chi connectivity index (χ1) is 16.7. The SMILES string of the molecule is CCCC(C)N1CN(c2c(F)cccc2Cl)C(=O)c2cc(F)c(-n3nc(CO)n(CC)c3=O)nc21. The second-order valence-corrected chi connectivity index (χ2v) is 8.64. The zero-order valence-corrected chi connectivity index (χ0v) is 20.3. The van der Waals surface area contributed by atoms with Crippen molar-refractivity contribution in [1.82, 2.24) is 19.3 Å². The molecule has 9 nitrogen and oxygen atoms in total. The van der Waals surface area contributed by atoms with Gasteiger partial charge in [0.25, 0.3) is 5.91 Å². The number of aliphatic hydroxyl groups excluding tert-OH is 1. The summed E-state index contributed by atoms with van der Waals surface area (Å²) in [6, 6.07) is 4.91. The molecule has 0 aliphatic carbocycles. The van der Waals surface area contributed by atoms with Gasteiger partial charge in [-0.2, -0.15) is 4.68 Å². The zero-order valence-electron chi connectivity index (χ0n) is 19.5. The Bertz CT molecular complexity index is 1320. The summed E-state index contributed by atoms with van der Waals surface area (Å²) in [4.78, 5) is 33.5. The number of nitrogens with zero attached hydrogens (tertiary/aromatic N) is 6. The maximum absolute atomic E-state index is 15.3. The molecule has 35 heavy (non-hydrogen) atoms. The van der Waals surface area contributed by atoms with E-state index >= 15 is 4.39 Å². The van der Waals surface area contributed by atoms with Crippen LogP contribution in [0.5, 0.6) is 0 Å². The molecule has 0 fully saturated rings. The highest BCUT2D eigenvalue weighted by Crippen LogP contribution is 2.37. The number of pyridine rings is 1. The first kappa shape index (κ1) is 24.8. The molecule has 0 saturated carbocycles. The molecule has 2 aromatic heterocycles. The van der Waals surface area contributed by atoms with Crippen LogP contribution in [-0.2, 0) is 13.2 Å². The highest BCUT2D eigenvalue weighted by molar-refractivity contribution is 6.34. The van der Waals surface area contributed by atoms with Crippen LogP contribution < -0.4 is 15.5 Å². The van der Waals surface area contributed by atoms with E-state index in [2.05, 4.69) is 10.1 Å². The third kappa shape index (κ3) is 4.19. The molecule has 0 spiro atoms. The van der Waals surface area contributed by atoms with Crippen LogP contribution in [-0.4, -0.2) is 43.1 Å². The smallest absolute Gasteiger partial charge is 0.352 e. The van der Waals surface area contributed by atoms with Gasteiger partial charge in [0.2, 0.25) is 0 Å². The standard InChI is InChI=1S/C23H25ClF2N6O3/c1-4-7-13(3)30-12-31(19-15(24)8-6-9-16(19)25)22(34)14-10-17(26)21(27-20(14)30)32-23(35)29(5-2)18(11-33)28-32/h6,8-10,13,33H,4-5,7,11-12H2,1-3H3. The number of aromatic nitrogens is 4. The van der Waals surface area contributed by atoms with E-state index in [1.165, 1.54) is 22.8 Å². The Kier molecular flexibility index (Phi) is 6.91. The summed E-state index contributed by atoms with van der Waals surface area (Å²) in [5.41, 5.74) is -0.864. The highest BCUT2D eigenvalue weighted by atomic mass is 35.5. The van der Waals surface area contributed by atoms with Gasteiger partial charge < -0.3 is 10.0 Å². The second-order valence-electron chi connectivity index (χ2n) is 8.23. The van der Waals surface area contributed by atoms with E-state index < -0.39 is 35.7 Å². The minimum absolute atomic E-state index is 0.0446. The Morgan fingerprint density at radius 3 is 2.51 bits per heavy atom. The van der Waals surface area contributed by atoms with Crippen molar-refractivity contribution in [3.63, 3.8) is 0 Å². The minimum atomic E-state index is -0.964.